The Hall–Kier alpha value is -0.780. The van der Waals surface area contributed by atoms with Crippen LogP contribution in [0.15, 0.2) is 36.5 Å². The van der Waals surface area contributed by atoms with Gasteiger partial charge in [-0.05, 0) is 19.4 Å². The summed E-state index contributed by atoms with van der Waals surface area (Å²) < 4.78 is 0. The van der Waals surface area contributed by atoms with Crippen molar-refractivity contribution in [3.8, 4) is 0 Å². The molecule has 0 amide bonds. The highest BCUT2D eigenvalue weighted by atomic mass is 13.8. The van der Waals surface area contributed by atoms with Crippen molar-refractivity contribution in [1.82, 2.24) is 0 Å². The molecule has 0 aromatic rings. The number of hydrogen-bond donors (Lipinski definition) is 0. The minimum atomic E-state index is 1.17. The van der Waals surface area contributed by atoms with Crippen LogP contribution in [-0.2, 0) is 0 Å². The van der Waals surface area contributed by atoms with Gasteiger partial charge in [-0.2, -0.15) is 0 Å². The summed E-state index contributed by atoms with van der Waals surface area (Å²) in [5.41, 5.74) is 1.17. The molecule has 0 aromatic carbocycles. The van der Waals surface area contributed by atoms with Crippen LogP contribution in [0.25, 0.3) is 0 Å². The monoisotopic (exact) mass is 152 g/mol. The second-order valence-electron chi connectivity index (χ2n) is 2.20. The third-order valence-electron chi connectivity index (χ3n) is 0.928. The van der Waals surface area contributed by atoms with E-state index in [2.05, 4.69) is 20.4 Å². The zero-order valence-electron chi connectivity index (χ0n) is 8.22. The van der Waals surface area contributed by atoms with E-state index in [0.717, 1.165) is 0 Å². The van der Waals surface area contributed by atoms with Gasteiger partial charge in [-0.25, -0.2) is 0 Å². The highest BCUT2D eigenvalue weighted by molar-refractivity contribution is 5.27. The van der Waals surface area contributed by atoms with Gasteiger partial charge in [0.2, 0.25) is 0 Å². The fourth-order valence-corrected chi connectivity index (χ4v) is 0.475. The molecule has 0 bridgehead atoms. The molecular formula is C11H20. The van der Waals surface area contributed by atoms with Crippen molar-refractivity contribution in [2.75, 3.05) is 0 Å². The van der Waals surface area contributed by atoms with E-state index in [-0.39, 0.29) is 0 Å². The maximum absolute atomic E-state index is 3.63. The smallest absolute Gasteiger partial charge is 0.0309 e. The van der Waals surface area contributed by atoms with Gasteiger partial charge in [0.25, 0.3) is 0 Å². The van der Waals surface area contributed by atoms with Gasteiger partial charge in [0.05, 0.1) is 0 Å². The summed E-state index contributed by atoms with van der Waals surface area (Å²) in [5.74, 6) is 0. The van der Waals surface area contributed by atoms with Crippen molar-refractivity contribution in [1.29, 1.82) is 0 Å². The second kappa shape index (κ2) is 12.0. The fraction of sp³-hybridized carbons (Fsp3) is 0.455. The van der Waals surface area contributed by atoms with E-state index >= 15 is 0 Å². The Bertz CT molecular complexity index is 127. The first-order chi connectivity index (χ1) is 5.26. The van der Waals surface area contributed by atoms with Crippen molar-refractivity contribution < 1.29 is 0 Å². The molecule has 0 fully saturated rings. The van der Waals surface area contributed by atoms with Gasteiger partial charge in [0.1, 0.15) is 0 Å². The lowest BCUT2D eigenvalue weighted by molar-refractivity contribution is 1.09. The van der Waals surface area contributed by atoms with E-state index in [0.29, 0.717) is 0 Å². The maximum atomic E-state index is 3.63. The van der Waals surface area contributed by atoms with Crippen molar-refractivity contribution in [2.24, 2.45) is 0 Å². The van der Waals surface area contributed by atoms with Crippen LogP contribution in [-0.4, -0.2) is 0 Å². The Morgan fingerprint density at radius 2 is 1.73 bits per heavy atom. The number of hydrogen-bond acceptors (Lipinski definition) is 0. The van der Waals surface area contributed by atoms with Gasteiger partial charge < -0.3 is 0 Å². The molecule has 0 rings (SSSR count). The van der Waals surface area contributed by atoms with Crippen LogP contribution in [0.2, 0.25) is 0 Å². The molecule has 0 aliphatic heterocycles. The lowest BCUT2D eigenvalue weighted by atomic mass is 10.2. The van der Waals surface area contributed by atoms with Gasteiger partial charge in [-0.15, -0.1) is 0 Å². The summed E-state index contributed by atoms with van der Waals surface area (Å²) in [6.07, 6.45) is 9.12. The molecule has 0 spiro atoms. The first-order valence-corrected chi connectivity index (χ1v) is 4.18. The van der Waals surface area contributed by atoms with Crippen LogP contribution in [0.1, 0.15) is 34.1 Å². The second-order valence-corrected chi connectivity index (χ2v) is 2.20. The molecule has 0 heterocycles. The Morgan fingerprint density at radius 1 is 1.27 bits per heavy atom. The van der Waals surface area contributed by atoms with Crippen LogP contribution in [0.4, 0.5) is 0 Å². The topological polar surface area (TPSA) is 0 Å². The molecule has 0 aromatic heterocycles. The summed E-state index contributed by atoms with van der Waals surface area (Å²) in [7, 11) is 0. The van der Waals surface area contributed by atoms with Gasteiger partial charge in [0.15, 0.2) is 0 Å². The summed E-state index contributed by atoms with van der Waals surface area (Å²) >= 11 is 0. The predicted octanol–water partition coefficient (Wildman–Crippen LogP) is 4.11. The van der Waals surface area contributed by atoms with E-state index in [1.54, 1.807) is 0 Å². The van der Waals surface area contributed by atoms with E-state index in [4.69, 9.17) is 0 Å². The molecule has 0 aliphatic rings. The minimum Gasteiger partial charge on any atom is -0.0985 e. The van der Waals surface area contributed by atoms with Gasteiger partial charge in [-0.3, -0.25) is 0 Å². The first-order valence-electron chi connectivity index (χ1n) is 4.18. The molecule has 0 atom stereocenters. The third-order valence-corrected chi connectivity index (χ3v) is 0.928. The van der Waals surface area contributed by atoms with Crippen molar-refractivity contribution in [3.05, 3.63) is 36.5 Å². The molecule has 11 heavy (non-hydrogen) atoms. The largest absolute Gasteiger partial charge is 0.0985 e. The average Bonchev–Trinajstić information content (AvgIpc) is 2.02. The summed E-state index contributed by atoms with van der Waals surface area (Å²) in [5, 5.41) is 0. The lowest BCUT2D eigenvalue weighted by Crippen LogP contribution is -1.63. The zero-order valence-corrected chi connectivity index (χ0v) is 8.22. The molecule has 0 saturated heterocycles. The Morgan fingerprint density at radius 3 is 1.82 bits per heavy atom. The van der Waals surface area contributed by atoms with E-state index in [1.165, 1.54) is 12.0 Å². The number of allylic oxidation sites excluding steroid dienone is 5. The lowest BCUT2D eigenvalue weighted by Gasteiger charge is -1.84. The van der Waals surface area contributed by atoms with Crippen molar-refractivity contribution in [3.63, 3.8) is 0 Å². The zero-order chi connectivity index (χ0) is 9.11. The van der Waals surface area contributed by atoms with Crippen LogP contribution >= 0.6 is 0 Å². The molecule has 0 heteroatoms. The highest BCUT2D eigenvalue weighted by Crippen LogP contribution is 1.95. The number of rotatable bonds is 2. The Kier molecular flexibility index (Phi) is 14.0. The predicted molar refractivity (Wildman–Crippen MR) is 54.7 cm³/mol. The van der Waals surface area contributed by atoms with Gasteiger partial charge >= 0.3 is 0 Å². The summed E-state index contributed by atoms with van der Waals surface area (Å²) in [6.45, 7) is 11.9. The molecule has 0 radical (unpaired) electrons. The molecule has 0 N–H and O–H groups in total. The molecule has 0 nitrogen and oxygen atoms in total. The summed E-state index contributed by atoms with van der Waals surface area (Å²) in [6, 6.07) is 0. The highest BCUT2D eigenvalue weighted by Gasteiger charge is 1.74. The molecule has 0 saturated carbocycles. The van der Waals surface area contributed by atoms with E-state index in [1.807, 2.05) is 38.2 Å². The van der Waals surface area contributed by atoms with Crippen LogP contribution in [0.3, 0.4) is 0 Å². The molecular weight excluding hydrogens is 132 g/mol. The summed E-state index contributed by atoms with van der Waals surface area (Å²) in [4.78, 5) is 0. The van der Waals surface area contributed by atoms with Gasteiger partial charge in [0, 0.05) is 0 Å². The molecule has 64 valence electrons. The van der Waals surface area contributed by atoms with E-state index < -0.39 is 0 Å². The van der Waals surface area contributed by atoms with Crippen molar-refractivity contribution >= 4 is 0 Å². The molecule has 0 aliphatic carbocycles. The average molecular weight is 152 g/mol. The standard InChI is InChI=1S/C8H12.C3H8/c1-4-7-8(5-2)6-3;1-3-2/h4-7H,2H2,1,3H3;3H2,1-2H3/b7-4-,8-6-;. The fourth-order valence-electron chi connectivity index (χ4n) is 0.475. The Labute approximate surface area is 71.3 Å². The van der Waals surface area contributed by atoms with E-state index in [9.17, 15) is 0 Å². The van der Waals surface area contributed by atoms with Gasteiger partial charge in [-0.1, -0.05) is 51.2 Å². The van der Waals surface area contributed by atoms with Crippen LogP contribution in [0.5, 0.6) is 0 Å². The van der Waals surface area contributed by atoms with Crippen LogP contribution < -0.4 is 0 Å². The normalized spacial score (nSPS) is 10.7. The minimum absolute atomic E-state index is 1.17. The van der Waals surface area contributed by atoms with Crippen LogP contribution in [0, 0.1) is 0 Å². The first kappa shape index (κ1) is 12.9. The maximum Gasteiger partial charge on any atom is -0.0309 e. The molecule has 0 unspecified atom stereocenters. The third kappa shape index (κ3) is 12.4. The SMILES string of the molecule is C=CC(/C=C\C)=C/C.CCC. The Balaban J connectivity index is 0. The quantitative estimate of drug-likeness (QED) is 0.522. The van der Waals surface area contributed by atoms with Crippen molar-refractivity contribution in [2.45, 2.75) is 34.1 Å².